The summed E-state index contributed by atoms with van der Waals surface area (Å²) < 4.78 is 0. The van der Waals surface area contributed by atoms with Gasteiger partial charge >= 0.3 is 0 Å². The third kappa shape index (κ3) is 2.93. The average Bonchev–Trinajstić information content (AvgIpc) is 2.30. The van der Waals surface area contributed by atoms with Crippen LogP contribution in [-0.2, 0) is 6.54 Å². The number of rotatable bonds is 3. The minimum absolute atomic E-state index is 0.803. The molecule has 0 aliphatic carbocycles. The summed E-state index contributed by atoms with van der Waals surface area (Å²) in [6, 6.07) is 3.80. The quantitative estimate of drug-likeness (QED) is 0.818. The number of hydrogen-bond donors (Lipinski definition) is 1. The Kier molecular flexibility index (Phi) is 3.74. The van der Waals surface area contributed by atoms with E-state index in [9.17, 15) is 0 Å². The molecule has 1 aliphatic rings. The number of anilines is 1. The van der Waals surface area contributed by atoms with Crippen LogP contribution in [0.5, 0.6) is 0 Å². The highest BCUT2D eigenvalue weighted by Crippen LogP contribution is 2.08. The van der Waals surface area contributed by atoms with Crippen LogP contribution in [0.25, 0.3) is 0 Å². The first-order valence-electron chi connectivity index (χ1n) is 5.93. The van der Waals surface area contributed by atoms with Crippen molar-refractivity contribution in [3.05, 3.63) is 24.0 Å². The summed E-state index contributed by atoms with van der Waals surface area (Å²) in [5.74, 6) is 0. The van der Waals surface area contributed by atoms with Crippen molar-refractivity contribution < 1.29 is 0 Å². The second-order valence-corrected chi connectivity index (χ2v) is 4.29. The molecule has 1 aromatic heterocycles. The molecule has 0 spiro atoms. The van der Waals surface area contributed by atoms with Crippen LogP contribution >= 0.6 is 0 Å². The lowest BCUT2D eigenvalue weighted by atomic mass is 10.2. The van der Waals surface area contributed by atoms with Crippen molar-refractivity contribution in [2.75, 3.05) is 38.5 Å². The molecule has 1 fully saturated rings. The van der Waals surface area contributed by atoms with Crippen molar-refractivity contribution in [3.8, 4) is 0 Å². The third-order valence-corrected chi connectivity index (χ3v) is 3.14. The number of likely N-dealkylation sites (N-methyl/N-ethyl adjacent to an activating group) is 1. The van der Waals surface area contributed by atoms with E-state index in [1.807, 2.05) is 12.1 Å². The van der Waals surface area contributed by atoms with Gasteiger partial charge in [0.1, 0.15) is 0 Å². The molecule has 0 aromatic carbocycles. The molecule has 88 valence electrons. The largest absolute Gasteiger partial charge is 0.399 e. The number of nitrogen functional groups attached to an aromatic ring is 1. The van der Waals surface area contributed by atoms with Gasteiger partial charge in [0.2, 0.25) is 0 Å². The molecule has 1 saturated heterocycles. The lowest BCUT2D eigenvalue weighted by Crippen LogP contribution is -2.45. The molecule has 0 amide bonds. The zero-order chi connectivity index (χ0) is 11.4. The summed E-state index contributed by atoms with van der Waals surface area (Å²) in [5, 5.41) is 0. The molecule has 1 aromatic rings. The van der Waals surface area contributed by atoms with Crippen molar-refractivity contribution >= 4 is 5.69 Å². The van der Waals surface area contributed by atoms with E-state index in [0.717, 1.165) is 37.6 Å². The monoisotopic (exact) mass is 220 g/mol. The van der Waals surface area contributed by atoms with Crippen LogP contribution in [-0.4, -0.2) is 47.5 Å². The van der Waals surface area contributed by atoms with E-state index in [2.05, 4.69) is 21.7 Å². The fourth-order valence-corrected chi connectivity index (χ4v) is 2.08. The number of nitrogens with zero attached hydrogens (tertiary/aromatic N) is 3. The summed E-state index contributed by atoms with van der Waals surface area (Å²) in [6.07, 6.45) is 1.78. The molecule has 0 unspecified atom stereocenters. The Morgan fingerprint density at radius 1 is 1.25 bits per heavy atom. The van der Waals surface area contributed by atoms with Gasteiger partial charge in [-0.2, -0.15) is 0 Å². The van der Waals surface area contributed by atoms with Gasteiger partial charge in [-0.3, -0.25) is 9.88 Å². The van der Waals surface area contributed by atoms with Gasteiger partial charge in [-0.05, 0) is 18.7 Å². The van der Waals surface area contributed by atoms with E-state index in [-0.39, 0.29) is 0 Å². The number of aromatic nitrogens is 1. The van der Waals surface area contributed by atoms with E-state index >= 15 is 0 Å². The highest BCUT2D eigenvalue weighted by Gasteiger charge is 2.15. The Labute approximate surface area is 97.1 Å². The molecule has 2 heterocycles. The minimum atomic E-state index is 0.803. The number of nitrogens with two attached hydrogens (primary N) is 1. The second kappa shape index (κ2) is 5.27. The van der Waals surface area contributed by atoms with Gasteiger partial charge < -0.3 is 10.6 Å². The highest BCUT2D eigenvalue weighted by molar-refractivity contribution is 5.37. The lowest BCUT2D eigenvalue weighted by Gasteiger charge is -2.33. The standard InChI is InChI=1S/C12H20N4/c1-2-15-5-7-16(8-6-15)10-12-9-11(13)3-4-14-12/h3-4,9H,2,5-8,10H2,1H3,(H2,13,14). The smallest absolute Gasteiger partial charge is 0.0564 e. The molecule has 4 heteroatoms. The van der Waals surface area contributed by atoms with Gasteiger partial charge in [-0.15, -0.1) is 0 Å². The molecular formula is C12H20N4. The zero-order valence-corrected chi connectivity index (χ0v) is 9.89. The molecular weight excluding hydrogens is 200 g/mol. The lowest BCUT2D eigenvalue weighted by molar-refractivity contribution is 0.131. The summed E-state index contributed by atoms with van der Waals surface area (Å²) in [6.45, 7) is 8.88. The second-order valence-electron chi connectivity index (χ2n) is 4.29. The van der Waals surface area contributed by atoms with Crippen molar-refractivity contribution in [1.82, 2.24) is 14.8 Å². The van der Waals surface area contributed by atoms with Gasteiger partial charge in [0.05, 0.1) is 5.69 Å². The van der Waals surface area contributed by atoms with Crippen molar-refractivity contribution in [3.63, 3.8) is 0 Å². The Bertz CT molecular complexity index is 332. The maximum Gasteiger partial charge on any atom is 0.0564 e. The van der Waals surface area contributed by atoms with E-state index in [1.54, 1.807) is 6.20 Å². The third-order valence-electron chi connectivity index (χ3n) is 3.14. The van der Waals surface area contributed by atoms with Crippen LogP contribution in [0.4, 0.5) is 5.69 Å². The number of pyridine rings is 1. The number of hydrogen-bond acceptors (Lipinski definition) is 4. The van der Waals surface area contributed by atoms with Crippen molar-refractivity contribution in [2.24, 2.45) is 0 Å². The predicted molar refractivity (Wildman–Crippen MR) is 66.0 cm³/mol. The van der Waals surface area contributed by atoms with Gasteiger partial charge in [0.25, 0.3) is 0 Å². The molecule has 0 radical (unpaired) electrons. The van der Waals surface area contributed by atoms with Gasteiger partial charge in [-0.1, -0.05) is 6.92 Å². The van der Waals surface area contributed by atoms with Gasteiger partial charge in [0, 0.05) is 44.6 Å². The number of piperazine rings is 1. The van der Waals surface area contributed by atoms with E-state index < -0.39 is 0 Å². The molecule has 2 rings (SSSR count). The van der Waals surface area contributed by atoms with Crippen LogP contribution in [0.3, 0.4) is 0 Å². The highest BCUT2D eigenvalue weighted by atomic mass is 15.3. The average molecular weight is 220 g/mol. The first-order valence-corrected chi connectivity index (χ1v) is 5.93. The first kappa shape index (κ1) is 11.4. The molecule has 1 aliphatic heterocycles. The first-order chi connectivity index (χ1) is 7.78. The Balaban J connectivity index is 1.87. The molecule has 0 bridgehead atoms. The zero-order valence-electron chi connectivity index (χ0n) is 9.89. The van der Waals surface area contributed by atoms with Gasteiger partial charge in [-0.25, -0.2) is 0 Å². The molecule has 4 nitrogen and oxygen atoms in total. The van der Waals surface area contributed by atoms with E-state index in [0.29, 0.717) is 0 Å². The summed E-state index contributed by atoms with van der Waals surface area (Å²) in [5.41, 5.74) is 7.62. The molecule has 0 atom stereocenters. The molecule has 16 heavy (non-hydrogen) atoms. The topological polar surface area (TPSA) is 45.4 Å². The predicted octanol–water partition coefficient (Wildman–Crippen LogP) is 0.801. The molecule has 0 saturated carbocycles. The van der Waals surface area contributed by atoms with Crippen LogP contribution in [0.2, 0.25) is 0 Å². The summed E-state index contributed by atoms with van der Waals surface area (Å²) in [7, 11) is 0. The van der Waals surface area contributed by atoms with Crippen LogP contribution in [0.1, 0.15) is 12.6 Å². The SMILES string of the molecule is CCN1CCN(Cc2cc(N)ccn2)CC1. The van der Waals surface area contributed by atoms with E-state index in [4.69, 9.17) is 5.73 Å². The Morgan fingerprint density at radius 3 is 2.56 bits per heavy atom. The summed E-state index contributed by atoms with van der Waals surface area (Å²) >= 11 is 0. The molecule has 2 N–H and O–H groups in total. The fraction of sp³-hybridized carbons (Fsp3) is 0.583. The van der Waals surface area contributed by atoms with Crippen LogP contribution in [0.15, 0.2) is 18.3 Å². The Morgan fingerprint density at radius 2 is 1.94 bits per heavy atom. The Hall–Kier alpha value is -1.13. The maximum atomic E-state index is 5.74. The summed E-state index contributed by atoms with van der Waals surface area (Å²) in [4.78, 5) is 9.25. The van der Waals surface area contributed by atoms with Gasteiger partial charge in [0.15, 0.2) is 0 Å². The fourth-order valence-electron chi connectivity index (χ4n) is 2.08. The van der Waals surface area contributed by atoms with Crippen LogP contribution < -0.4 is 5.73 Å². The normalized spacial score (nSPS) is 18.8. The van der Waals surface area contributed by atoms with Crippen LogP contribution in [0, 0.1) is 0 Å². The van der Waals surface area contributed by atoms with Crippen molar-refractivity contribution in [1.29, 1.82) is 0 Å². The maximum absolute atomic E-state index is 5.74. The minimum Gasteiger partial charge on any atom is -0.399 e. The van der Waals surface area contributed by atoms with Crippen molar-refractivity contribution in [2.45, 2.75) is 13.5 Å². The van der Waals surface area contributed by atoms with E-state index in [1.165, 1.54) is 13.1 Å².